The molecule has 0 unspecified atom stereocenters. The molecule has 1 heterocycles. The molecule has 1 amide bonds. The fourth-order valence-corrected chi connectivity index (χ4v) is 2.37. The summed E-state index contributed by atoms with van der Waals surface area (Å²) in [7, 11) is 2.01. The van der Waals surface area contributed by atoms with Crippen molar-refractivity contribution in [2.45, 2.75) is 18.4 Å². The number of rotatable bonds is 2. The Bertz CT molecular complexity index is 516. The normalized spacial score (nSPS) is 18.6. The first-order valence-corrected chi connectivity index (χ1v) is 6.60. The lowest BCUT2D eigenvalue weighted by Crippen LogP contribution is -2.53. The largest absolute Gasteiger partial charge is 0.334 e. The maximum absolute atomic E-state index is 12.2. The second-order valence-electron chi connectivity index (χ2n) is 4.96. The lowest BCUT2D eigenvalue weighted by atomic mass is 9.89. The lowest BCUT2D eigenvalue weighted by molar-refractivity contribution is 0.0882. The van der Waals surface area contributed by atoms with E-state index in [-0.39, 0.29) is 5.91 Å². The minimum atomic E-state index is -0.758. The van der Waals surface area contributed by atoms with E-state index in [1.807, 2.05) is 7.05 Å². The van der Waals surface area contributed by atoms with Gasteiger partial charge in [0.15, 0.2) is 0 Å². The first-order valence-electron chi connectivity index (χ1n) is 6.22. The van der Waals surface area contributed by atoms with Crippen LogP contribution >= 0.6 is 11.6 Å². The summed E-state index contributed by atoms with van der Waals surface area (Å²) in [6.45, 7) is 1.62. The van der Waals surface area contributed by atoms with Crippen molar-refractivity contribution in [2.75, 3.05) is 20.1 Å². The summed E-state index contributed by atoms with van der Waals surface area (Å²) in [5.74, 6) is -0.242. The fraction of sp³-hybridized carbons (Fsp3) is 0.429. The van der Waals surface area contributed by atoms with Crippen molar-refractivity contribution in [3.63, 3.8) is 0 Å². The third-order valence-electron chi connectivity index (χ3n) is 3.49. The monoisotopic (exact) mass is 277 g/mol. The van der Waals surface area contributed by atoms with E-state index >= 15 is 0 Å². The number of piperidine rings is 1. The van der Waals surface area contributed by atoms with Gasteiger partial charge in [0.2, 0.25) is 0 Å². The van der Waals surface area contributed by atoms with Crippen LogP contribution < -0.4 is 5.32 Å². The van der Waals surface area contributed by atoms with Crippen LogP contribution in [0.1, 0.15) is 23.2 Å². The molecule has 1 fully saturated rings. The molecule has 0 spiro atoms. The van der Waals surface area contributed by atoms with E-state index in [1.165, 1.54) is 0 Å². The summed E-state index contributed by atoms with van der Waals surface area (Å²) < 4.78 is 0. The van der Waals surface area contributed by atoms with Crippen LogP contribution in [0.2, 0.25) is 5.02 Å². The van der Waals surface area contributed by atoms with Gasteiger partial charge in [0.25, 0.3) is 5.91 Å². The van der Waals surface area contributed by atoms with Crippen LogP contribution in [0.3, 0.4) is 0 Å². The first kappa shape index (κ1) is 13.9. The zero-order valence-electron chi connectivity index (χ0n) is 10.8. The Morgan fingerprint density at radius 3 is 2.74 bits per heavy atom. The molecule has 0 aromatic heterocycles. The van der Waals surface area contributed by atoms with E-state index in [0.29, 0.717) is 23.4 Å². The Morgan fingerprint density at radius 2 is 2.16 bits per heavy atom. The number of nitrogens with one attached hydrogen (secondary N) is 1. The van der Waals surface area contributed by atoms with Crippen LogP contribution in [0.25, 0.3) is 0 Å². The molecule has 4 nitrogen and oxygen atoms in total. The van der Waals surface area contributed by atoms with E-state index in [0.717, 1.165) is 13.1 Å². The molecule has 0 radical (unpaired) electrons. The van der Waals surface area contributed by atoms with Crippen LogP contribution in [-0.2, 0) is 0 Å². The van der Waals surface area contributed by atoms with Crippen molar-refractivity contribution < 1.29 is 4.79 Å². The average molecular weight is 278 g/mol. The SMILES string of the molecule is CN1CCC(C#N)(NC(=O)c2cccc(Cl)c2)CC1. The second-order valence-corrected chi connectivity index (χ2v) is 5.40. The van der Waals surface area contributed by atoms with Crippen molar-refractivity contribution in [3.05, 3.63) is 34.9 Å². The van der Waals surface area contributed by atoms with Gasteiger partial charge < -0.3 is 10.2 Å². The van der Waals surface area contributed by atoms with Crippen molar-refractivity contribution in [2.24, 2.45) is 0 Å². The highest BCUT2D eigenvalue weighted by Crippen LogP contribution is 2.21. The van der Waals surface area contributed by atoms with Gasteiger partial charge in [0, 0.05) is 23.7 Å². The van der Waals surface area contributed by atoms with Gasteiger partial charge in [-0.05, 0) is 38.1 Å². The van der Waals surface area contributed by atoms with Crippen molar-refractivity contribution in [3.8, 4) is 6.07 Å². The molecule has 0 saturated carbocycles. The lowest BCUT2D eigenvalue weighted by Gasteiger charge is -2.36. The summed E-state index contributed by atoms with van der Waals surface area (Å²) in [6, 6.07) is 9.01. The molecule has 100 valence electrons. The highest BCUT2D eigenvalue weighted by atomic mass is 35.5. The van der Waals surface area contributed by atoms with Gasteiger partial charge in [-0.3, -0.25) is 4.79 Å². The van der Waals surface area contributed by atoms with Crippen LogP contribution in [0.15, 0.2) is 24.3 Å². The Morgan fingerprint density at radius 1 is 1.47 bits per heavy atom. The first-order chi connectivity index (χ1) is 9.04. The van der Waals surface area contributed by atoms with Gasteiger partial charge in [-0.2, -0.15) is 5.26 Å². The van der Waals surface area contributed by atoms with Gasteiger partial charge in [-0.15, -0.1) is 0 Å². The third kappa shape index (κ3) is 3.25. The Hall–Kier alpha value is -1.57. The van der Waals surface area contributed by atoms with E-state index in [2.05, 4.69) is 16.3 Å². The number of halogens is 1. The Kier molecular flexibility index (Phi) is 4.08. The number of amides is 1. The average Bonchev–Trinajstić information content (AvgIpc) is 2.42. The Balaban J connectivity index is 2.11. The van der Waals surface area contributed by atoms with E-state index < -0.39 is 5.54 Å². The molecule has 1 aromatic carbocycles. The summed E-state index contributed by atoms with van der Waals surface area (Å²) in [5.41, 5.74) is -0.271. The highest BCUT2D eigenvalue weighted by molar-refractivity contribution is 6.30. The maximum atomic E-state index is 12.2. The predicted octanol–water partition coefficient (Wildman–Crippen LogP) is 2.06. The number of hydrogen-bond donors (Lipinski definition) is 1. The number of likely N-dealkylation sites (tertiary alicyclic amines) is 1. The zero-order valence-corrected chi connectivity index (χ0v) is 11.6. The Labute approximate surface area is 118 Å². The molecule has 1 aliphatic heterocycles. The quantitative estimate of drug-likeness (QED) is 0.900. The summed E-state index contributed by atoms with van der Waals surface area (Å²) >= 11 is 5.87. The maximum Gasteiger partial charge on any atom is 0.252 e. The third-order valence-corrected chi connectivity index (χ3v) is 3.73. The van der Waals surface area contributed by atoms with Crippen molar-refractivity contribution >= 4 is 17.5 Å². The highest BCUT2D eigenvalue weighted by Gasteiger charge is 2.35. The summed E-state index contributed by atoms with van der Waals surface area (Å²) in [6.07, 6.45) is 1.29. The molecule has 19 heavy (non-hydrogen) atoms. The van der Waals surface area contributed by atoms with Crippen molar-refractivity contribution in [1.82, 2.24) is 10.2 Å². The molecule has 0 atom stereocenters. The predicted molar refractivity (Wildman–Crippen MR) is 74.0 cm³/mol. The van der Waals surface area contributed by atoms with Crippen LogP contribution in [-0.4, -0.2) is 36.5 Å². The molecule has 1 saturated heterocycles. The van der Waals surface area contributed by atoms with Crippen LogP contribution in [0.5, 0.6) is 0 Å². The molecule has 1 aromatic rings. The van der Waals surface area contributed by atoms with E-state index in [9.17, 15) is 10.1 Å². The smallest absolute Gasteiger partial charge is 0.252 e. The van der Waals surface area contributed by atoms with Gasteiger partial charge in [-0.25, -0.2) is 0 Å². The minimum Gasteiger partial charge on any atom is -0.334 e. The molecule has 2 rings (SSSR count). The fourth-order valence-electron chi connectivity index (χ4n) is 2.18. The molecule has 1 aliphatic rings. The standard InChI is InChI=1S/C14H16ClN3O/c1-18-7-5-14(10-16,6-8-18)17-13(19)11-3-2-4-12(15)9-11/h2-4,9H,5-8H2,1H3,(H,17,19). The number of nitriles is 1. The number of benzene rings is 1. The van der Waals surface area contributed by atoms with Crippen molar-refractivity contribution in [1.29, 1.82) is 5.26 Å². The van der Waals surface area contributed by atoms with Crippen LogP contribution in [0.4, 0.5) is 0 Å². The molecule has 5 heteroatoms. The number of carbonyl (C=O) groups excluding carboxylic acids is 1. The molecule has 0 aliphatic carbocycles. The zero-order chi connectivity index (χ0) is 13.9. The van der Waals surface area contributed by atoms with Crippen LogP contribution in [0, 0.1) is 11.3 Å². The van der Waals surface area contributed by atoms with E-state index in [4.69, 9.17) is 11.6 Å². The second kappa shape index (κ2) is 5.60. The molecule has 1 N–H and O–H groups in total. The summed E-state index contributed by atoms with van der Waals surface area (Å²) in [5, 5.41) is 12.7. The number of hydrogen-bond acceptors (Lipinski definition) is 3. The minimum absolute atomic E-state index is 0.242. The number of nitrogens with zero attached hydrogens (tertiary/aromatic N) is 2. The van der Waals surface area contributed by atoms with Gasteiger partial charge in [0.1, 0.15) is 5.54 Å². The molecular weight excluding hydrogens is 262 g/mol. The topological polar surface area (TPSA) is 56.1 Å². The van der Waals surface area contributed by atoms with Gasteiger partial charge in [0.05, 0.1) is 6.07 Å². The van der Waals surface area contributed by atoms with Gasteiger partial charge in [-0.1, -0.05) is 17.7 Å². The molecule has 0 bridgehead atoms. The van der Waals surface area contributed by atoms with Gasteiger partial charge >= 0.3 is 0 Å². The summed E-state index contributed by atoms with van der Waals surface area (Å²) in [4.78, 5) is 14.3. The molecular formula is C14H16ClN3O. The number of carbonyl (C=O) groups is 1. The van der Waals surface area contributed by atoms with E-state index in [1.54, 1.807) is 24.3 Å².